The minimum atomic E-state index is -0.986. The lowest BCUT2D eigenvalue weighted by Gasteiger charge is -2.31. The van der Waals surface area contributed by atoms with Gasteiger partial charge in [0, 0.05) is 15.7 Å². The zero-order chi connectivity index (χ0) is 23.3. The number of rotatable bonds is 8. The maximum absolute atomic E-state index is 12.4. The van der Waals surface area contributed by atoms with Gasteiger partial charge in [-0.25, -0.2) is 0 Å². The van der Waals surface area contributed by atoms with E-state index in [9.17, 15) is 9.35 Å². The van der Waals surface area contributed by atoms with E-state index >= 15 is 0 Å². The van der Waals surface area contributed by atoms with Crippen molar-refractivity contribution in [1.29, 1.82) is 0 Å². The second-order valence-corrected chi connectivity index (χ2v) is 10.7. The summed E-state index contributed by atoms with van der Waals surface area (Å²) in [6.07, 6.45) is 6.53. The Morgan fingerprint density at radius 3 is 2.41 bits per heavy atom. The number of hydrogen-bond acceptors (Lipinski definition) is 3. The van der Waals surface area contributed by atoms with Crippen LogP contribution >= 0.6 is 23.2 Å². The Morgan fingerprint density at radius 1 is 1.19 bits per heavy atom. The minimum absolute atomic E-state index is 0.0986. The zero-order valence-electron chi connectivity index (χ0n) is 18.4. The Balaban J connectivity index is 1.53. The van der Waals surface area contributed by atoms with Crippen LogP contribution in [-0.4, -0.2) is 22.3 Å². The highest BCUT2D eigenvalue weighted by Crippen LogP contribution is 2.32. The predicted octanol–water partition coefficient (Wildman–Crippen LogP) is 5.94. The fourth-order valence-electron chi connectivity index (χ4n) is 3.45. The van der Waals surface area contributed by atoms with Crippen LogP contribution in [0.4, 0.5) is 0 Å². The van der Waals surface area contributed by atoms with Gasteiger partial charge >= 0.3 is 0 Å². The summed E-state index contributed by atoms with van der Waals surface area (Å²) in [5.74, 6) is 0.480. The van der Waals surface area contributed by atoms with Crippen molar-refractivity contribution >= 4 is 40.3 Å². The molecular weight excluding hydrogens is 465 g/mol. The van der Waals surface area contributed by atoms with E-state index in [4.69, 9.17) is 27.9 Å². The number of ether oxygens (including phenoxy) is 1. The smallest absolute Gasteiger partial charge is 0.228 e. The SMILES string of the molecule is CC[S+]([O-])c1ccc(CC(=O)NC2=CCC(OC(C)(C)c3cc(Cl)cc(Cl)c3)C=C2)cc1. The topological polar surface area (TPSA) is 61.4 Å². The molecule has 2 aromatic rings. The highest BCUT2D eigenvalue weighted by Gasteiger charge is 2.26. The molecule has 3 rings (SSSR count). The number of amides is 1. The molecule has 0 heterocycles. The maximum Gasteiger partial charge on any atom is 0.228 e. The van der Waals surface area contributed by atoms with Crippen molar-refractivity contribution in [3.8, 4) is 0 Å². The highest BCUT2D eigenvalue weighted by atomic mass is 35.5. The van der Waals surface area contributed by atoms with Crippen LogP contribution in [0.3, 0.4) is 0 Å². The van der Waals surface area contributed by atoms with Crippen LogP contribution in [0.15, 0.2) is 71.3 Å². The van der Waals surface area contributed by atoms with Crippen molar-refractivity contribution in [2.45, 2.75) is 50.2 Å². The summed E-state index contributed by atoms with van der Waals surface area (Å²) in [6, 6.07) is 12.7. The van der Waals surface area contributed by atoms with Gasteiger partial charge in [0.05, 0.1) is 18.1 Å². The molecule has 0 radical (unpaired) electrons. The molecule has 0 saturated carbocycles. The number of nitrogens with one attached hydrogen (secondary N) is 1. The summed E-state index contributed by atoms with van der Waals surface area (Å²) in [4.78, 5) is 13.2. The second kappa shape index (κ2) is 10.9. The van der Waals surface area contributed by atoms with Gasteiger partial charge in [0.15, 0.2) is 4.90 Å². The van der Waals surface area contributed by atoms with Crippen molar-refractivity contribution in [2.75, 3.05) is 5.75 Å². The fraction of sp³-hybridized carbons (Fsp3) is 0.320. The van der Waals surface area contributed by atoms with Gasteiger partial charge in [0.1, 0.15) is 5.75 Å². The van der Waals surface area contributed by atoms with Gasteiger partial charge in [0.25, 0.3) is 0 Å². The van der Waals surface area contributed by atoms with Crippen LogP contribution < -0.4 is 5.32 Å². The van der Waals surface area contributed by atoms with Crippen LogP contribution in [0.5, 0.6) is 0 Å². The molecule has 2 unspecified atom stereocenters. The lowest BCUT2D eigenvalue weighted by atomic mass is 9.97. The standard InChI is InChI=1S/C25H27Cl2NO3S/c1-4-32(30)23-11-5-17(6-12-23)13-24(29)28-21-7-9-22(10-8-21)31-25(2,3)18-14-19(26)16-20(27)15-18/h5-9,11-12,14-16,22H,4,10,13H2,1-3H3,(H,28,29). The molecule has 2 atom stereocenters. The van der Waals surface area contributed by atoms with Crippen LogP contribution in [-0.2, 0) is 32.7 Å². The number of allylic oxidation sites excluding steroid dienone is 1. The van der Waals surface area contributed by atoms with Crippen molar-refractivity contribution in [2.24, 2.45) is 0 Å². The zero-order valence-corrected chi connectivity index (χ0v) is 20.7. The minimum Gasteiger partial charge on any atom is -0.611 e. The van der Waals surface area contributed by atoms with E-state index in [2.05, 4.69) is 5.32 Å². The molecule has 0 aromatic heterocycles. The Morgan fingerprint density at radius 2 is 1.84 bits per heavy atom. The molecule has 0 spiro atoms. The third kappa shape index (κ3) is 6.87. The Kier molecular flexibility index (Phi) is 8.48. The van der Waals surface area contributed by atoms with E-state index in [0.717, 1.165) is 21.7 Å². The number of carbonyl (C=O) groups excluding carboxylic acids is 1. The van der Waals surface area contributed by atoms with E-state index in [-0.39, 0.29) is 18.4 Å². The van der Waals surface area contributed by atoms with Crippen LogP contribution in [0.2, 0.25) is 10.0 Å². The lowest BCUT2D eigenvalue weighted by Crippen LogP contribution is -2.30. The van der Waals surface area contributed by atoms with Gasteiger partial charge in [-0.2, -0.15) is 0 Å². The van der Waals surface area contributed by atoms with Crippen molar-refractivity contribution in [1.82, 2.24) is 5.32 Å². The highest BCUT2D eigenvalue weighted by molar-refractivity contribution is 7.91. The molecule has 0 saturated heterocycles. The monoisotopic (exact) mass is 491 g/mol. The van der Waals surface area contributed by atoms with E-state index in [1.54, 1.807) is 6.07 Å². The molecule has 1 N–H and O–H groups in total. The molecule has 1 aliphatic carbocycles. The molecule has 1 aliphatic rings. The fourth-order valence-corrected chi connectivity index (χ4v) is 4.74. The molecular formula is C25H27Cl2NO3S. The average Bonchev–Trinajstić information content (AvgIpc) is 2.74. The van der Waals surface area contributed by atoms with E-state index in [1.165, 1.54) is 0 Å². The number of carbonyl (C=O) groups is 1. The first-order valence-corrected chi connectivity index (χ1v) is 12.5. The first-order chi connectivity index (χ1) is 15.2. The normalized spacial score (nSPS) is 17.1. The third-order valence-corrected chi connectivity index (χ3v) is 6.92. The summed E-state index contributed by atoms with van der Waals surface area (Å²) >= 11 is 11.3. The lowest BCUT2D eigenvalue weighted by molar-refractivity contribution is -0.119. The molecule has 2 aromatic carbocycles. The molecule has 32 heavy (non-hydrogen) atoms. The quantitative estimate of drug-likeness (QED) is 0.464. The van der Waals surface area contributed by atoms with Crippen molar-refractivity contribution in [3.05, 3.63) is 87.6 Å². The maximum atomic E-state index is 12.4. The van der Waals surface area contributed by atoms with Gasteiger partial charge < -0.3 is 14.6 Å². The van der Waals surface area contributed by atoms with Crippen LogP contribution in [0.25, 0.3) is 0 Å². The summed E-state index contributed by atoms with van der Waals surface area (Å²) in [6.45, 7) is 5.84. The molecule has 0 bridgehead atoms. The molecule has 170 valence electrons. The summed E-state index contributed by atoms with van der Waals surface area (Å²) in [5.41, 5.74) is 1.96. The number of hydrogen-bond donors (Lipinski definition) is 1. The first kappa shape index (κ1) is 24.9. The van der Waals surface area contributed by atoms with E-state index in [1.807, 2.05) is 75.4 Å². The van der Waals surface area contributed by atoms with Crippen molar-refractivity contribution in [3.63, 3.8) is 0 Å². The number of halogens is 2. The molecule has 7 heteroatoms. The third-order valence-electron chi connectivity index (χ3n) is 5.16. The summed E-state index contributed by atoms with van der Waals surface area (Å²) in [7, 11) is 0. The van der Waals surface area contributed by atoms with Gasteiger partial charge in [-0.15, -0.1) is 0 Å². The number of benzene rings is 2. The largest absolute Gasteiger partial charge is 0.611 e. The summed E-state index contributed by atoms with van der Waals surface area (Å²) < 4.78 is 18.1. The molecule has 0 aliphatic heterocycles. The van der Waals surface area contributed by atoms with Crippen LogP contribution in [0, 0.1) is 0 Å². The van der Waals surface area contributed by atoms with E-state index in [0.29, 0.717) is 22.2 Å². The van der Waals surface area contributed by atoms with E-state index < -0.39 is 16.8 Å². The van der Waals surface area contributed by atoms with Gasteiger partial charge in [-0.3, -0.25) is 4.79 Å². The van der Waals surface area contributed by atoms with Gasteiger partial charge in [-0.05, 0) is 85.9 Å². The average molecular weight is 492 g/mol. The Labute approximate surface area is 202 Å². The van der Waals surface area contributed by atoms with Gasteiger partial charge in [0.2, 0.25) is 5.91 Å². The van der Waals surface area contributed by atoms with Crippen molar-refractivity contribution < 1.29 is 14.1 Å². The Bertz CT molecular complexity index is 998. The van der Waals surface area contributed by atoms with Crippen LogP contribution in [0.1, 0.15) is 38.3 Å². The second-order valence-electron chi connectivity index (χ2n) is 8.08. The summed E-state index contributed by atoms with van der Waals surface area (Å²) in [5, 5.41) is 4.07. The molecule has 0 fully saturated rings. The predicted molar refractivity (Wildman–Crippen MR) is 131 cm³/mol. The Hall–Kier alpha value is -1.76. The molecule has 1 amide bonds. The molecule has 4 nitrogen and oxygen atoms in total. The van der Waals surface area contributed by atoms with Gasteiger partial charge in [-0.1, -0.05) is 47.5 Å². The first-order valence-electron chi connectivity index (χ1n) is 10.5.